The SMILES string of the molecule is Cc1ccc2cc(C(=O)Nc3sccc3C#N)c(C)nc2c1. The second-order valence-electron chi connectivity index (χ2n) is 5.05. The van der Waals surface area contributed by atoms with Crippen molar-refractivity contribution < 1.29 is 4.79 Å². The Balaban J connectivity index is 1.99. The van der Waals surface area contributed by atoms with E-state index in [4.69, 9.17) is 5.26 Å². The van der Waals surface area contributed by atoms with Gasteiger partial charge in [0.2, 0.25) is 0 Å². The van der Waals surface area contributed by atoms with Gasteiger partial charge in [0.25, 0.3) is 5.91 Å². The summed E-state index contributed by atoms with van der Waals surface area (Å²) in [6.07, 6.45) is 0. The topological polar surface area (TPSA) is 65.8 Å². The molecule has 1 amide bonds. The van der Waals surface area contributed by atoms with Crippen molar-refractivity contribution in [1.29, 1.82) is 5.26 Å². The van der Waals surface area contributed by atoms with E-state index in [0.29, 0.717) is 21.8 Å². The fourth-order valence-electron chi connectivity index (χ4n) is 2.27. The van der Waals surface area contributed by atoms with Gasteiger partial charge in [0.1, 0.15) is 11.1 Å². The monoisotopic (exact) mass is 307 g/mol. The number of pyridine rings is 1. The number of fused-ring (bicyclic) bond motifs is 1. The van der Waals surface area contributed by atoms with Crippen molar-refractivity contribution >= 4 is 33.1 Å². The second-order valence-corrected chi connectivity index (χ2v) is 5.96. The van der Waals surface area contributed by atoms with Gasteiger partial charge in [-0.1, -0.05) is 12.1 Å². The fraction of sp³-hybridized carbons (Fsp3) is 0.118. The van der Waals surface area contributed by atoms with E-state index in [9.17, 15) is 4.79 Å². The molecule has 0 atom stereocenters. The molecule has 0 spiro atoms. The zero-order valence-corrected chi connectivity index (χ0v) is 13.0. The van der Waals surface area contributed by atoms with E-state index < -0.39 is 0 Å². The molecule has 0 bridgehead atoms. The van der Waals surface area contributed by atoms with Crippen molar-refractivity contribution in [3.05, 3.63) is 58.1 Å². The summed E-state index contributed by atoms with van der Waals surface area (Å²) in [7, 11) is 0. The van der Waals surface area contributed by atoms with Crippen molar-refractivity contribution in [3.8, 4) is 6.07 Å². The number of nitriles is 1. The summed E-state index contributed by atoms with van der Waals surface area (Å²) in [6, 6.07) is 11.5. The lowest BCUT2D eigenvalue weighted by Gasteiger charge is -2.08. The Kier molecular flexibility index (Phi) is 3.61. The third-order valence-electron chi connectivity index (χ3n) is 3.42. The quantitative estimate of drug-likeness (QED) is 0.777. The number of carbonyl (C=O) groups excluding carboxylic acids is 1. The summed E-state index contributed by atoms with van der Waals surface area (Å²) in [6.45, 7) is 3.83. The minimum atomic E-state index is -0.244. The van der Waals surface area contributed by atoms with E-state index in [-0.39, 0.29) is 5.91 Å². The van der Waals surface area contributed by atoms with Crippen LogP contribution < -0.4 is 5.32 Å². The first kappa shape index (κ1) is 14.2. The number of nitrogens with zero attached hydrogens (tertiary/aromatic N) is 2. The average molecular weight is 307 g/mol. The number of aryl methyl sites for hydroxylation is 2. The number of amides is 1. The lowest BCUT2D eigenvalue weighted by Crippen LogP contribution is -2.14. The Hall–Kier alpha value is -2.71. The Bertz CT molecular complexity index is 921. The Morgan fingerprint density at radius 3 is 2.86 bits per heavy atom. The lowest BCUT2D eigenvalue weighted by molar-refractivity contribution is 0.102. The van der Waals surface area contributed by atoms with Gasteiger partial charge in [0.05, 0.1) is 22.3 Å². The highest BCUT2D eigenvalue weighted by atomic mass is 32.1. The molecule has 0 saturated carbocycles. The maximum absolute atomic E-state index is 12.5. The number of hydrogen-bond acceptors (Lipinski definition) is 4. The Morgan fingerprint density at radius 2 is 2.09 bits per heavy atom. The zero-order valence-electron chi connectivity index (χ0n) is 12.2. The smallest absolute Gasteiger partial charge is 0.258 e. The molecule has 2 heterocycles. The minimum Gasteiger partial charge on any atom is -0.312 e. The van der Waals surface area contributed by atoms with Gasteiger partial charge >= 0.3 is 0 Å². The highest BCUT2D eigenvalue weighted by Gasteiger charge is 2.14. The van der Waals surface area contributed by atoms with Crippen LogP contribution in [0.2, 0.25) is 0 Å². The Labute approximate surface area is 132 Å². The van der Waals surface area contributed by atoms with Crippen molar-refractivity contribution in [1.82, 2.24) is 4.98 Å². The summed E-state index contributed by atoms with van der Waals surface area (Å²) in [5.41, 5.74) is 3.68. The number of nitrogens with one attached hydrogen (secondary N) is 1. The number of hydrogen-bond donors (Lipinski definition) is 1. The van der Waals surface area contributed by atoms with Crippen LogP contribution in [-0.4, -0.2) is 10.9 Å². The van der Waals surface area contributed by atoms with Gasteiger partial charge in [0, 0.05) is 5.39 Å². The molecule has 2 aromatic heterocycles. The molecule has 22 heavy (non-hydrogen) atoms. The normalized spacial score (nSPS) is 10.4. The number of carbonyl (C=O) groups is 1. The molecule has 1 aromatic carbocycles. The van der Waals surface area contributed by atoms with E-state index in [1.165, 1.54) is 11.3 Å². The summed E-state index contributed by atoms with van der Waals surface area (Å²) in [5.74, 6) is -0.244. The molecule has 0 fully saturated rings. The molecule has 0 aliphatic heterocycles. The predicted molar refractivity (Wildman–Crippen MR) is 88.2 cm³/mol. The molecule has 108 valence electrons. The first-order valence-corrected chi connectivity index (χ1v) is 7.63. The lowest BCUT2D eigenvalue weighted by atomic mass is 10.1. The molecular formula is C17H13N3OS. The molecule has 0 aliphatic carbocycles. The van der Waals surface area contributed by atoms with Crippen LogP contribution in [0.4, 0.5) is 5.00 Å². The first-order chi connectivity index (χ1) is 10.6. The molecule has 3 aromatic rings. The van der Waals surface area contributed by atoms with Crippen LogP contribution in [0, 0.1) is 25.2 Å². The third kappa shape index (κ3) is 2.57. The van der Waals surface area contributed by atoms with Gasteiger partial charge in [-0.3, -0.25) is 9.78 Å². The van der Waals surface area contributed by atoms with Crippen LogP contribution in [0.25, 0.3) is 10.9 Å². The molecule has 5 heteroatoms. The van der Waals surface area contributed by atoms with Crippen LogP contribution in [0.3, 0.4) is 0 Å². The number of benzene rings is 1. The van der Waals surface area contributed by atoms with E-state index in [0.717, 1.165) is 16.5 Å². The highest BCUT2D eigenvalue weighted by Crippen LogP contribution is 2.24. The number of anilines is 1. The third-order valence-corrected chi connectivity index (χ3v) is 4.25. The molecule has 0 radical (unpaired) electrons. The molecule has 1 N–H and O–H groups in total. The zero-order chi connectivity index (χ0) is 15.7. The van der Waals surface area contributed by atoms with Gasteiger partial charge in [-0.15, -0.1) is 11.3 Å². The maximum atomic E-state index is 12.5. The maximum Gasteiger partial charge on any atom is 0.258 e. The van der Waals surface area contributed by atoms with Gasteiger partial charge < -0.3 is 5.32 Å². The number of aromatic nitrogens is 1. The molecule has 0 saturated heterocycles. The minimum absolute atomic E-state index is 0.244. The molecule has 4 nitrogen and oxygen atoms in total. The molecular weight excluding hydrogens is 294 g/mol. The van der Waals surface area contributed by atoms with Gasteiger partial charge in [0.15, 0.2) is 0 Å². The van der Waals surface area contributed by atoms with Crippen molar-refractivity contribution in [2.75, 3.05) is 5.32 Å². The second kappa shape index (κ2) is 5.58. The Morgan fingerprint density at radius 1 is 1.27 bits per heavy atom. The van der Waals surface area contributed by atoms with E-state index >= 15 is 0 Å². The van der Waals surface area contributed by atoms with E-state index in [1.54, 1.807) is 11.4 Å². The van der Waals surface area contributed by atoms with E-state index in [1.807, 2.05) is 38.1 Å². The largest absolute Gasteiger partial charge is 0.312 e. The van der Waals surface area contributed by atoms with Crippen molar-refractivity contribution in [2.45, 2.75) is 13.8 Å². The van der Waals surface area contributed by atoms with Crippen LogP contribution in [0.1, 0.15) is 27.2 Å². The van der Waals surface area contributed by atoms with Crippen LogP contribution in [0.15, 0.2) is 35.7 Å². The van der Waals surface area contributed by atoms with Crippen LogP contribution >= 0.6 is 11.3 Å². The fourth-order valence-corrected chi connectivity index (χ4v) is 3.00. The van der Waals surface area contributed by atoms with E-state index in [2.05, 4.69) is 16.4 Å². The predicted octanol–water partition coefficient (Wildman–Crippen LogP) is 4.04. The van der Waals surface area contributed by atoms with Crippen molar-refractivity contribution in [2.24, 2.45) is 0 Å². The van der Waals surface area contributed by atoms with Crippen molar-refractivity contribution in [3.63, 3.8) is 0 Å². The average Bonchev–Trinajstić information content (AvgIpc) is 2.93. The summed E-state index contributed by atoms with van der Waals surface area (Å²) in [4.78, 5) is 17.0. The standard InChI is InChI=1S/C17H13N3OS/c1-10-3-4-12-8-14(11(2)19-15(12)7-10)16(21)20-17-13(9-18)5-6-22-17/h3-8H,1-2H3,(H,20,21). The van der Waals surface area contributed by atoms with Crippen LogP contribution in [0.5, 0.6) is 0 Å². The van der Waals surface area contributed by atoms with Gasteiger partial charge in [-0.05, 0) is 43.0 Å². The molecule has 0 unspecified atom stereocenters. The molecule has 3 rings (SSSR count). The summed E-state index contributed by atoms with van der Waals surface area (Å²) < 4.78 is 0. The van der Waals surface area contributed by atoms with Gasteiger partial charge in [-0.2, -0.15) is 5.26 Å². The summed E-state index contributed by atoms with van der Waals surface area (Å²) >= 11 is 1.33. The number of thiophene rings is 1. The van der Waals surface area contributed by atoms with Crippen LogP contribution in [-0.2, 0) is 0 Å². The van der Waals surface area contributed by atoms with Gasteiger partial charge in [-0.25, -0.2) is 0 Å². The first-order valence-electron chi connectivity index (χ1n) is 6.75. The highest BCUT2D eigenvalue weighted by molar-refractivity contribution is 7.14. The molecule has 0 aliphatic rings. The number of rotatable bonds is 2. The summed E-state index contributed by atoms with van der Waals surface area (Å²) in [5, 5.41) is 15.1.